The standard InChI is InChI=1S/C10H15NO4/c1-2-14-10(13)6-11-4-3-8-7(11)5-9(12)15-8/h7-8H,2-6H2,1H3/t7-,8-/m1/s1. The van der Waals surface area contributed by atoms with Crippen molar-refractivity contribution in [3.05, 3.63) is 0 Å². The highest BCUT2D eigenvalue weighted by Gasteiger charge is 2.43. The number of ether oxygens (including phenoxy) is 2. The minimum absolute atomic E-state index is 0.00748. The molecule has 2 heterocycles. The molecular weight excluding hydrogens is 198 g/mol. The highest BCUT2D eigenvalue weighted by atomic mass is 16.6. The highest BCUT2D eigenvalue weighted by molar-refractivity contribution is 5.74. The fourth-order valence-corrected chi connectivity index (χ4v) is 2.24. The van der Waals surface area contributed by atoms with Gasteiger partial charge in [-0.15, -0.1) is 0 Å². The van der Waals surface area contributed by atoms with E-state index < -0.39 is 0 Å². The van der Waals surface area contributed by atoms with Crippen LogP contribution in [0.2, 0.25) is 0 Å². The Morgan fingerprint density at radius 3 is 3.20 bits per heavy atom. The van der Waals surface area contributed by atoms with Crippen molar-refractivity contribution >= 4 is 11.9 Å². The summed E-state index contributed by atoms with van der Waals surface area (Å²) in [4.78, 5) is 24.3. The first-order chi connectivity index (χ1) is 7.20. The summed E-state index contributed by atoms with van der Waals surface area (Å²) >= 11 is 0. The van der Waals surface area contributed by atoms with Gasteiger partial charge in [0.15, 0.2) is 0 Å². The van der Waals surface area contributed by atoms with E-state index in [4.69, 9.17) is 9.47 Å². The molecule has 0 spiro atoms. The van der Waals surface area contributed by atoms with Crippen LogP contribution in [0.3, 0.4) is 0 Å². The lowest BCUT2D eigenvalue weighted by molar-refractivity contribution is -0.145. The molecule has 0 N–H and O–H groups in total. The van der Waals surface area contributed by atoms with Crippen molar-refractivity contribution in [1.82, 2.24) is 4.90 Å². The summed E-state index contributed by atoms with van der Waals surface area (Å²) in [6, 6.07) is 0.0851. The Kier molecular flexibility index (Phi) is 2.90. The highest BCUT2D eigenvalue weighted by Crippen LogP contribution is 2.29. The van der Waals surface area contributed by atoms with Crippen LogP contribution in [0.25, 0.3) is 0 Å². The zero-order valence-corrected chi connectivity index (χ0v) is 8.77. The third-order valence-electron chi connectivity index (χ3n) is 2.90. The fourth-order valence-electron chi connectivity index (χ4n) is 2.24. The maximum Gasteiger partial charge on any atom is 0.320 e. The van der Waals surface area contributed by atoms with E-state index in [2.05, 4.69) is 0 Å². The average Bonchev–Trinajstić information content (AvgIpc) is 2.67. The van der Waals surface area contributed by atoms with Crippen molar-refractivity contribution in [2.24, 2.45) is 0 Å². The average molecular weight is 213 g/mol. The van der Waals surface area contributed by atoms with E-state index in [0.717, 1.165) is 13.0 Å². The number of carbonyl (C=O) groups excluding carboxylic acids is 2. The molecule has 2 aliphatic heterocycles. The summed E-state index contributed by atoms with van der Waals surface area (Å²) in [5, 5.41) is 0. The molecule has 2 aliphatic rings. The van der Waals surface area contributed by atoms with Gasteiger partial charge in [-0.1, -0.05) is 0 Å². The zero-order valence-electron chi connectivity index (χ0n) is 8.77. The van der Waals surface area contributed by atoms with Crippen molar-refractivity contribution in [3.8, 4) is 0 Å². The number of hydrogen-bond acceptors (Lipinski definition) is 5. The number of nitrogens with zero attached hydrogens (tertiary/aromatic N) is 1. The summed E-state index contributed by atoms with van der Waals surface area (Å²) in [5.41, 5.74) is 0. The van der Waals surface area contributed by atoms with Crippen LogP contribution in [-0.2, 0) is 19.1 Å². The lowest BCUT2D eigenvalue weighted by atomic mass is 10.1. The maximum absolute atomic E-state index is 11.3. The SMILES string of the molecule is CCOC(=O)CN1CC[C@H]2OC(=O)C[C@H]21. The molecule has 5 heteroatoms. The molecule has 0 aromatic carbocycles. The quantitative estimate of drug-likeness (QED) is 0.615. The van der Waals surface area contributed by atoms with E-state index in [1.54, 1.807) is 6.92 Å². The molecule has 2 saturated heterocycles. The van der Waals surface area contributed by atoms with E-state index in [0.29, 0.717) is 13.0 Å². The van der Waals surface area contributed by atoms with Gasteiger partial charge in [-0.05, 0) is 13.3 Å². The molecule has 5 nitrogen and oxygen atoms in total. The van der Waals surface area contributed by atoms with Crippen LogP contribution in [0.1, 0.15) is 19.8 Å². The molecule has 0 saturated carbocycles. The Morgan fingerprint density at radius 1 is 1.67 bits per heavy atom. The van der Waals surface area contributed by atoms with Gasteiger partial charge in [-0.3, -0.25) is 14.5 Å². The van der Waals surface area contributed by atoms with Gasteiger partial charge >= 0.3 is 11.9 Å². The van der Waals surface area contributed by atoms with Crippen LogP contribution in [0.4, 0.5) is 0 Å². The van der Waals surface area contributed by atoms with Crippen LogP contribution >= 0.6 is 0 Å². The van der Waals surface area contributed by atoms with Crippen molar-refractivity contribution in [2.45, 2.75) is 31.9 Å². The predicted octanol–water partition coefficient (Wildman–Crippen LogP) is -0.0607. The van der Waals surface area contributed by atoms with E-state index in [9.17, 15) is 9.59 Å². The number of carbonyl (C=O) groups is 2. The number of fused-ring (bicyclic) bond motifs is 1. The second-order valence-corrected chi connectivity index (χ2v) is 3.86. The van der Waals surface area contributed by atoms with Gasteiger partial charge in [0, 0.05) is 6.54 Å². The Bertz CT molecular complexity index is 279. The predicted molar refractivity (Wildman–Crippen MR) is 51.1 cm³/mol. The van der Waals surface area contributed by atoms with Crippen LogP contribution in [0, 0.1) is 0 Å². The maximum atomic E-state index is 11.3. The Labute approximate surface area is 88.3 Å². The first-order valence-electron chi connectivity index (χ1n) is 5.30. The molecule has 15 heavy (non-hydrogen) atoms. The van der Waals surface area contributed by atoms with Gasteiger partial charge in [0.1, 0.15) is 6.10 Å². The molecule has 0 aliphatic carbocycles. The topological polar surface area (TPSA) is 55.8 Å². The summed E-state index contributed by atoms with van der Waals surface area (Å²) in [6.45, 7) is 3.26. The van der Waals surface area contributed by atoms with Crippen molar-refractivity contribution in [1.29, 1.82) is 0 Å². The Balaban J connectivity index is 1.89. The van der Waals surface area contributed by atoms with Crippen LogP contribution in [0.15, 0.2) is 0 Å². The minimum atomic E-state index is -0.225. The molecule has 0 aromatic heterocycles. The summed E-state index contributed by atoms with van der Waals surface area (Å²) < 4.78 is 10.00. The Morgan fingerprint density at radius 2 is 2.47 bits per heavy atom. The molecule has 84 valence electrons. The van der Waals surface area contributed by atoms with E-state index >= 15 is 0 Å². The third-order valence-corrected chi connectivity index (χ3v) is 2.90. The fraction of sp³-hybridized carbons (Fsp3) is 0.800. The molecule has 0 amide bonds. The largest absolute Gasteiger partial charge is 0.465 e. The van der Waals surface area contributed by atoms with Gasteiger partial charge in [0.25, 0.3) is 0 Å². The van der Waals surface area contributed by atoms with E-state index in [1.165, 1.54) is 0 Å². The lowest BCUT2D eigenvalue weighted by Crippen LogP contribution is -2.36. The second kappa shape index (κ2) is 4.18. The molecular formula is C10H15NO4. The molecule has 2 fully saturated rings. The van der Waals surface area contributed by atoms with Gasteiger partial charge in [-0.25, -0.2) is 0 Å². The first kappa shape index (κ1) is 10.4. The van der Waals surface area contributed by atoms with Gasteiger partial charge in [0.05, 0.1) is 25.6 Å². The third kappa shape index (κ3) is 2.12. The molecule has 0 bridgehead atoms. The molecule has 2 rings (SSSR count). The first-order valence-corrected chi connectivity index (χ1v) is 5.30. The minimum Gasteiger partial charge on any atom is -0.465 e. The van der Waals surface area contributed by atoms with Crippen LogP contribution in [-0.4, -0.2) is 48.7 Å². The monoisotopic (exact) mass is 213 g/mol. The molecule has 2 atom stereocenters. The van der Waals surface area contributed by atoms with Gasteiger partial charge in [-0.2, -0.15) is 0 Å². The van der Waals surface area contributed by atoms with Crippen molar-refractivity contribution in [2.75, 3.05) is 19.7 Å². The lowest BCUT2D eigenvalue weighted by Gasteiger charge is -2.19. The second-order valence-electron chi connectivity index (χ2n) is 3.86. The summed E-state index contributed by atoms with van der Waals surface area (Å²) in [7, 11) is 0. The van der Waals surface area contributed by atoms with Gasteiger partial charge in [0.2, 0.25) is 0 Å². The van der Waals surface area contributed by atoms with Crippen molar-refractivity contribution < 1.29 is 19.1 Å². The smallest absolute Gasteiger partial charge is 0.320 e. The number of rotatable bonds is 3. The molecule has 0 radical (unpaired) electrons. The number of likely N-dealkylation sites (tertiary alicyclic amines) is 1. The van der Waals surface area contributed by atoms with Crippen LogP contribution < -0.4 is 0 Å². The van der Waals surface area contributed by atoms with Crippen molar-refractivity contribution in [3.63, 3.8) is 0 Å². The zero-order chi connectivity index (χ0) is 10.8. The van der Waals surface area contributed by atoms with Crippen LogP contribution in [0.5, 0.6) is 0 Å². The van der Waals surface area contributed by atoms with E-state index in [-0.39, 0.29) is 30.6 Å². The number of hydrogen-bond donors (Lipinski definition) is 0. The normalized spacial score (nSPS) is 30.1. The van der Waals surface area contributed by atoms with E-state index in [1.807, 2.05) is 4.90 Å². The summed E-state index contributed by atoms with van der Waals surface area (Å²) in [5.74, 6) is -0.379. The molecule has 0 aromatic rings. The van der Waals surface area contributed by atoms with Gasteiger partial charge < -0.3 is 9.47 Å². The summed E-state index contributed by atoms with van der Waals surface area (Å²) in [6.07, 6.45) is 1.23. The number of esters is 2. The Hall–Kier alpha value is -1.10. The molecule has 0 unspecified atom stereocenters.